The van der Waals surface area contributed by atoms with Gasteiger partial charge in [-0.25, -0.2) is 4.98 Å². The summed E-state index contributed by atoms with van der Waals surface area (Å²) in [6.07, 6.45) is 5.08. The highest BCUT2D eigenvalue weighted by atomic mass is 32.1. The molecule has 0 radical (unpaired) electrons. The fraction of sp³-hybridized carbons (Fsp3) is 0.533. The van der Waals surface area contributed by atoms with Gasteiger partial charge in [0.15, 0.2) is 0 Å². The van der Waals surface area contributed by atoms with Gasteiger partial charge in [0.25, 0.3) is 0 Å². The van der Waals surface area contributed by atoms with Gasteiger partial charge in [-0.1, -0.05) is 18.6 Å². The van der Waals surface area contributed by atoms with Crippen molar-refractivity contribution in [3.8, 4) is 0 Å². The minimum Gasteiger partial charge on any atom is -0.314 e. The molecule has 3 heteroatoms. The fourth-order valence-corrected chi connectivity index (χ4v) is 3.89. The zero-order chi connectivity index (χ0) is 12.5. The molecule has 96 valence electrons. The monoisotopic (exact) mass is 260 g/mol. The number of hydrogen-bond acceptors (Lipinski definition) is 3. The van der Waals surface area contributed by atoms with Crippen LogP contribution in [-0.2, 0) is 6.42 Å². The number of piperidine rings is 1. The van der Waals surface area contributed by atoms with Gasteiger partial charge in [0, 0.05) is 12.5 Å². The molecular formula is C15H20N2S. The minimum atomic E-state index is 0.639. The third kappa shape index (κ3) is 2.29. The minimum absolute atomic E-state index is 0.639. The number of rotatable bonds is 2. The molecule has 1 saturated heterocycles. The van der Waals surface area contributed by atoms with Crippen molar-refractivity contribution in [2.24, 2.45) is 0 Å². The van der Waals surface area contributed by atoms with Crippen molar-refractivity contribution in [3.05, 3.63) is 28.3 Å². The van der Waals surface area contributed by atoms with Crippen LogP contribution in [-0.4, -0.2) is 17.6 Å². The molecule has 2 aromatic rings. The molecule has 0 saturated carbocycles. The fourth-order valence-electron chi connectivity index (χ4n) is 2.70. The molecule has 0 aliphatic carbocycles. The summed E-state index contributed by atoms with van der Waals surface area (Å²) in [6, 6.07) is 5.03. The summed E-state index contributed by atoms with van der Waals surface area (Å²) in [4.78, 5) is 4.85. The van der Waals surface area contributed by atoms with E-state index >= 15 is 0 Å². The zero-order valence-electron chi connectivity index (χ0n) is 11.1. The van der Waals surface area contributed by atoms with Gasteiger partial charge >= 0.3 is 0 Å². The number of hydrogen-bond donors (Lipinski definition) is 1. The number of aryl methyl sites for hydroxylation is 2. The summed E-state index contributed by atoms with van der Waals surface area (Å²) < 4.78 is 1.38. The normalized spacial score (nSPS) is 20.4. The highest BCUT2D eigenvalue weighted by Gasteiger charge is 2.16. The van der Waals surface area contributed by atoms with Gasteiger partial charge in [-0.3, -0.25) is 0 Å². The van der Waals surface area contributed by atoms with Crippen molar-refractivity contribution < 1.29 is 0 Å². The van der Waals surface area contributed by atoms with E-state index in [2.05, 4.69) is 31.3 Å². The lowest BCUT2D eigenvalue weighted by Crippen LogP contribution is -2.35. The summed E-state index contributed by atoms with van der Waals surface area (Å²) in [5, 5.41) is 4.90. The Labute approximate surface area is 112 Å². The number of fused-ring (bicyclic) bond motifs is 1. The molecule has 0 bridgehead atoms. The van der Waals surface area contributed by atoms with Crippen LogP contribution in [0.3, 0.4) is 0 Å². The van der Waals surface area contributed by atoms with Gasteiger partial charge in [-0.15, -0.1) is 11.3 Å². The Kier molecular flexibility index (Phi) is 3.35. The van der Waals surface area contributed by atoms with E-state index in [4.69, 9.17) is 4.98 Å². The first kappa shape index (κ1) is 12.1. The van der Waals surface area contributed by atoms with Gasteiger partial charge in [-0.05, 0) is 44.4 Å². The van der Waals surface area contributed by atoms with Crippen LogP contribution in [0.25, 0.3) is 10.2 Å². The van der Waals surface area contributed by atoms with Crippen LogP contribution in [0.15, 0.2) is 12.1 Å². The standard InChI is InChI=1S/C15H20N2S/c1-10-6-7-11(2)15-14(10)17-13(18-15)9-12-5-3-4-8-16-12/h6-7,12,16H,3-5,8-9H2,1-2H3. The van der Waals surface area contributed by atoms with Crippen LogP contribution in [0.2, 0.25) is 0 Å². The summed E-state index contributed by atoms with van der Waals surface area (Å²) in [6.45, 7) is 5.51. The number of thiazole rings is 1. The molecule has 0 spiro atoms. The van der Waals surface area contributed by atoms with Gasteiger partial charge < -0.3 is 5.32 Å². The van der Waals surface area contributed by atoms with Crippen molar-refractivity contribution in [1.29, 1.82) is 0 Å². The molecule has 1 aliphatic heterocycles. The maximum atomic E-state index is 4.85. The molecular weight excluding hydrogens is 240 g/mol. The van der Waals surface area contributed by atoms with E-state index in [-0.39, 0.29) is 0 Å². The first-order valence-corrected chi connectivity index (χ1v) is 7.64. The van der Waals surface area contributed by atoms with Crippen LogP contribution < -0.4 is 5.32 Å². The number of benzene rings is 1. The molecule has 1 unspecified atom stereocenters. The third-order valence-electron chi connectivity index (χ3n) is 3.82. The Morgan fingerprint density at radius 1 is 1.28 bits per heavy atom. The topological polar surface area (TPSA) is 24.9 Å². The second kappa shape index (κ2) is 4.98. The third-order valence-corrected chi connectivity index (χ3v) is 5.03. The van der Waals surface area contributed by atoms with E-state index in [0.29, 0.717) is 6.04 Å². The van der Waals surface area contributed by atoms with E-state index in [1.54, 1.807) is 0 Å². The molecule has 1 atom stereocenters. The van der Waals surface area contributed by atoms with Crippen LogP contribution >= 0.6 is 11.3 Å². The predicted octanol–water partition coefficient (Wildman–Crippen LogP) is 3.60. The first-order valence-electron chi connectivity index (χ1n) is 6.83. The van der Waals surface area contributed by atoms with Gasteiger partial charge in [0.2, 0.25) is 0 Å². The SMILES string of the molecule is Cc1ccc(C)c2sc(CC3CCCCN3)nc12. The number of nitrogens with one attached hydrogen (secondary N) is 1. The lowest BCUT2D eigenvalue weighted by Gasteiger charge is -2.22. The van der Waals surface area contributed by atoms with E-state index in [0.717, 1.165) is 6.42 Å². The molecule has 2 heterocycles. The highest BCUT2D eigenvalue weighted by Crippen LogP contribution is 2.29. The van der Waals surface area contributed by atoms with E-state index in [1.165, 1.54) is 52.2 Å². The predicted molar refractivity (Wildman–Crippen MR) is 78.4 cm³/mol. The Morgan fingerprint density at radius 3 is 2.83 bits per heavy atom. The largest absolute Gasteiger partial charge is 0.314 e. The summed E-state index contributed by atoms with van der Waals surface area (Å²) >= 11 is 1.88. The second-order valence-electron chi connectivity index (χ2n) is 5.34. The van der Waals surface area contributed by atoms with Crippen LogP contribution in [0.1, 0.15) is 35.4 Å². The van der Waals surface area contributed by atoms with E-state index in [9.17, 15) is 0 Å². The molecule has 3 rings (SSSR count). The van der Waals surface area contributed by atoms with Crippen LogP contribution in [0, 0.1) is 13.8 Å². The molecule has 2 nitrogen and oxygen atoms in total. The van der Waals surface area contributed by atoms with Crippen molar-refractivity contribution in [3.63, 3.8) is 0 Å². The van der Waals surface area contributed by atoms with Crippen molar-refractivity contribution >= 4 is 21.6 Å². The van der Waals surface area contributed by atoms with Crippen LogP contribution in [0.4, 0.5) is 0 Å². The van der Waals surface area contributed by atoms with Crippen molar-refractivity contribution in [1.82, 2.24) is 10.3 Å². The number of aromatic nitrogens is 1. The number of nitrogens with zero attached hydrogens (tertiary/aromatic N) is 1. The average molecular weight is 260 g/mol. The Balaban J connectivity index is 1.88. The maximum absolute atomic E-state index is 4.85. The highest BCUT2D eigenvalue weighted by molar-refractivity contribution is 7.18. The van der Waals surface area contributed by atoms with Crippen molar-refractivity contribution in [2.45, 2.75) is 45.6 Å². The maximum Gasteiger partial charge on any atom is 0.0954 e. The van der Waals surface area contributed by atoms with E-state index in [1.807, 2.05) is 11.3 Å². The molecule has 1 aromatic heterocycles. The van der Waals surface area contributed by atoms with Gasteiger partial charge in [0.1, 0.15) is 0 Å². The van der Waals surface area contributed by atoms with E-state index < -0.39 is 0 Å². The smallest absolute Gasteiger partial charge is 0.0954 e. The molecule has 1 aliphatic rings. The Hall–Kier alpha value is -0.930. The first-order chi connectivity index (χ1) is 8.74. The molecule has 0 amide bonds. The van der Waals surface area contributed by atoms with Gasteiger partial charge in [-0.2, -0.15) is 0 Å². The van der Waals surface area contributed by atoms with Crippen molar-refractivity contribution in [2.75, 3.05) is 6.54 Å². The second-order valence-corrected chi connectivity index (χ2v) is 6.42. The Bertz CT molecular complexity index is 514. The molecule has 1 N–H and O–H groups in total. The van der Waals surface area contributed by atoms with Gasteiger partial charge in [0.05, 0.1) is 15.2 Å². The summed E-state index contributed by atoms with van der Waals surface area (Å²) in [5.74, 6) is 0. The average Bonchev–Trinajstić information content (AvgIpc) is 2.80. The Morgan fingerprint density at radius 2 is 2.11 bits per heavy atom. The van der Waals surface area contributed by atoms with Crippen LogP contribution in [0.5, 0.6) is 0 Å². The lowest BCUT2D eigenvalue weighted by molar-refractivity contribution is 0.399. The molecule has 18 heavy (non-hydrogen) atoms. The molecule has 1 aromatic carbocycles. The molecule has 1 fully saturated rings. The lowest BCUT2D eigenvalue weighted by atomic mass is 10.0. The zero-order valence-corrected chi connectivity index (χ0v) is 11.9. The summed E-state index contributed by atoms with van der Waals surface area (Å²) in [5.41, 5.74) is 3.87. The quantitative estimate of drug-likeness (QED) is 0.892. The summed E-state index contributed by atoms with van der Waals surface area (Å²) in [7, 11) is 0.